The lowest BCUT2D eigenvalue weighted by Gasteiger charge is -2.37. The van der Waals surface area contributed by atoms with E-state index in [4.69, 9.17) is 4.74 Å². The summed E-state index contributed by atoms with van der Waals surface area (Å²) in [4.78, 5) is 41.2. The van der Waals surface area contributed by atoms with E-state index in [1.165, 1.54) is 0 Å². The number of hydrogen-bond acceptors (Lipinski definition) is 4. The fraction of sp³-hybridized carbons (Fsp3) is 0.400. The zero-order valence-electron chi connectivity index (χ0n) is 18.4. The Bertz CT molecular complexity index is 983. The molecule has 0 radical (unpaired) electrons. The van der Waals surface area contributed by atoms with Crippen molar-refractivity contribution in [3.63, 3.8) is 0 Å². The van der Waals surface area contributed by atoms with Crippen molar-refractivity contribution in [2.24, 2.45) is 0 Å². The third-order valence-corrected chi connectivity index (χ3v) is 6.13. The minimum atomic E-state index is -0.433. The molecule has 2 aromatic rings. The molecule has 7 nitrogen and oxygen atoms in total. The second kappa shape index (κ2) is 9.85. The van der Waals surface area contributed by atoms with Crippen molar-refractivity contribution >= 4 is 23.4 Å². The number of hydrogen-bond donors (Lipinski definition) is 1. The molecule has 0 unspecified atom stereocenters. The van der Waals surface area contributed by atoms with Crippen molar-refractivity contribution < 1.29 is 19.1 Å². The van der Waals surface area contributed by atoms with E-state index in [-0.39, 0.29) is 17.9 Å². The molecule has 4 rings (SSSR count). The van der Waals surface area contributed by atoms with E-state index in [1.807, 2.05) is 37.3 Å². The van der Waals surface area contributed by atoms with Crippen LogP contribution in [0.5, 0.6) is 5.75 Å². The van der Waals surface area contributed by atoms with Crippen LogP contribution in [0.15, 0.2) is 48.5 Å². The Morgan fingerprint density at radius 3 is 2.44 bits per heavy atom. The van der Waals surface area contributed by atoms with Crippen LogP contribution in [0.2, 0.25) is 0 Å². The minimum Gasteiger partial charge on any atom is -0.492 e. The number of carbonyl (C=O) groups is 3. The molecule has 2 aromatic carbocycles. The number of benzene rings is 2. The van der Waals surface area contributed by atoms with Gasteiger partial charge in [0.15, 0.2) is 0 Å². The summed E-state index contributed by atoms with van der Waals surface area (Å²) in [7, 11) is 0. The molecule has 0 bridgehead atoms. The van der Waals surface area contributed by atoms with E-state index in [9.17, 15) is 14.4 Å². The molecule has 32 heavy (non-hydrogen) atoms. The lowest BCUT2D eigenvalue weighted by atomic mass is 10.1. The van der Waals surface area contributed by atoms with Gasteiger partial charge in [-0.05, 0) is 49.6 Å². The van der Waals surface area contributed by atoms with Crippen molar-refractivity contribution in [2.75, 3.05) is 25.0 Å². The van der Waals surface area contributed by atoms with Crippen molar-refractivity contribution in [3.8, 4) is 5.75 Å². The molecule has 1 aliphatic heterocycles. The first-order valence-electron chi connectivity index (χ1n) is 11.3. The smallest absolute Gasteiger partial charge is 0.312 e. The molecule has 1 saturated heterocycles. The maximum absolute atomic E-state index is 12.6. The average Bonchev–Trinajstić information content (AvgIpc) is 3.34. The lowest BCUT2D eigenvalue weighted by Crippen LogP contribution is -2.56. The number of rotatable bonds is 7. The van der Waals surface area contributed by atoms with Crippen LogP contribution in [0, 0.1) is 0 Å². The van der Waals surface area contributed by atoms with Gasteiger partial charge in [0.25, 0.3) is 5.91 Å². The van der Waals surface area contributed by atoms with E-state index in [1.54, 1.807) is 28.0 Å². The summed E-state index contributed by atoms with van der Waals surface area (Å²) in [5.74, 6) is -0.426. The van der Waals surface area contributed by atoms with Gasteiger partial charge in [-0.1, -0.05) is 37.1 Å². The lowest BCUT2D eigenvalue weighted by molar-refractivity contribution is -0.158. The molecule has 3 amide bonds. The zero-order valence-corrected chi connectivity index (χ0v) is 18.4. The predicted octanol–water partition coefficient (Wildman–Crippen LogP) is 3.45. The summed E-state index contributed by atoms with van der Waals surface area (Å²) in [6.07, 6.45) is 4.25. The normalized spacial score (nSPS) is 17.0. The second-order valence-electron chi connectivity index (χ2n) is 8.24. The average molecular weight is 436 g/mol. The van der Waals surface area contributed by atoms with E-state index in [2.05, 4.69) is 5.32 Å². The standard InChI is InChI=1S/C25H29N3O4/c1-2-32-22-10-6-5-9-21(22)26-23(29)19-13-11-18(12-14-19)17-27-15-16-28(25(31)24(27)30)20-7-3-4-8-20/h5-6,9-14,20H,2-4,7-8,15-17H2,1H3,(H,26,29). The number of anilines is 1. The van der Waals surface area contributed by atoms with Crippen LogP contribution in [-0.4, -0.2) is 53.3 Å². The molecule has 1 heterocycles. The first-order valence-corrected chi connectivity index (χ1v) is 11.3. The summed E-state index contributed by atoms with van der Waals surface area (Å²) < 4.78 is 5.55. The molecule has 7 heteroatoms. The van der Waals surface area contributed by atoms with Gasteiger partial charge in [0, 0.05) is 31.2 Å². The van der Waals surface area contributed by atoms with Gasteiger partial charge in [0.1, 0.15) is 5.75 Å². The predicted molar refractivity (Wildman–Crippen MR) is 121 cm³/mol. The third kappa shape index (κ3) is 4.77. The molecule has 1 N–H and O–H groups in total. The van der Waals surface area contributed by atoms with Gasteiger partial charge in [0.05, 0.1) is 12.3 Å². The van der Waals surface area contributed by atoms with Gasteiger partial charge in [-0.3, -0.25) is 14.4 Å². The molecule has 2 fully saturated rings. The molecule has 0 atom stereocenters. The molecule has 0 aromatic heterocycles. The van der Waals surface area contributed by atoms with Gasteiger partial charge >= 0.3 is 11.8 Å². The highest BCUT2D eigenvalue weighted by atomic mass is 16.5. The number of piperazine rings is 1. The molecular formula is C25H29N3O4. The molecule has 1 saturated carbocycles. The summed E-state index contributed by atoms with van der Waals surface area (Å²) in [5.41, 5.74) is 2.01. The van der Waals surface area contributed by atoms with Crippen molar-refractivity contribution in [1.82, 2.24) is 9.80 Å². The van der Waals surface area contributed by atoms with Gasteiger partial charge < -0.3 is 19.9 Å². The van der Waals surface area contributed by atoms with Crippen molar-refractivity contribution in [1.29, 1.82) is 0 Å². The van der Waals surface area contributed by atoms with Crippen LogP contribution in [-0.2, 0) is 16.1 Å². The second-order valence-corrected chi connectivity index (χ2v) is 8.24. The van der Waals surface area contributed by atoms with E-state index < -0.39 is 5.91 Å². The Morgan fingerprint density at radius 2 is 1.72 bits per heavy atom. The number of nitrogens with zero attached hydrogens (tertiary/aromatic N) is 2. The Kier molecular flexibility index (Phi) is 6.73. The Balaban J connectivity index is 1.36. The largest absolute Gasteiger partial charge is 0.492 e. The van der Waals surface area contributed by atoms with Gasteiger partial charge in [-0.2, -0.15) is 0 Å². The summed E-state index contributed by atoms with van der Waals surface area (Å²) in [5, 5.41) is 2.88. The van der Waals surface area contributed by atoms with Gasteiger partial charge in [0.2, 0.25) is 0 Å². The van der Waals surface area contributed by atoms with Gasteiger partial charge in [-0.15, -0.1) is 0 Å². The van der Waals surface area contributed by atoms with E-state index in [0.29, 0.717) is 43.2 Å². The molecule has 0 spiro atoms. The molecule has 1 aliphatic carbocycles. The van der Waals surface area contributed by atoms with Crippen LogP contribution >= 0.6 is 0 Å². The van der Waals surface area contributed by atoms with Crippen LogP contribution < -0.4 is 10.1 Å². The highest BCUT2D eigenvalue weighted by Gasteiger charge is 2.37. The fourth-order valence-electron chi connectivity index (χ4n) is 4.43. The Hall–Kier alpha value is -3.35. The van der Waals surface area contributed by atoms with Crippen LogP contribution in [0.25, 0.3) is 0 Å². The molecular weight excluding hydrogens is 406 g/mol. The fourth-order valence-corrected chi connectivity index (χ4v) is 4.43. The highest BCUT2D eigenvalue weighted by molar-refractivity contribution is 6.35. The molecule has 2 aliphatic rings. The maximum atomic E-state index is 12.6. The first kappa shape index (κ1) is 21.9. The van der Waals surface area contributed by atoms with Crippen LogP contribution in [0.4, 0.5) is 5.69 Å². The number of para-hydroxylation sites is 2. The quantitative estimate of drug-likeness (QED) is 0.676. The van der Waals surface area contributed by atoms with Crippen molar-refractivity contribution in [2.45, 2.75) is 45.2 Å². The number of amides is 3. The van der Waals surface area contributed by atoms with E-state index in [0.717, 1.165) is 31.2 Å². The van der Waals surface area contributed by atoms with Crippen LogP contribution in [0.3, 0.4) is 0 Å². The summed E-state index contributed by atoms with van der Waals surface area (Å²) in [6, 6.07) is 14.6. The van der Waals surface area contributed by atoms with Crippen LogP contribution in [0.1, 0.15) is 48.5 Å². The first-order chi connectivity index (χ1) is 15.6. The summed E-state index contributed by atoms with van der Waals surface area (Å²) >= 11 is 0. The highest BCUT2D eigenvalue weighted by Crippen LogP contribution is 2.26. The maximum Gasteiger partial charge on any atom is 0.312 e. The third-order valence-electron chi connectivity index (χ3n) is 6.13. The number of carbonyl (C=O) groups excluding carboxylic acids is 3. The number of ether oxygens (including phenoxy) is 1. The minimum absolute atomic E-state index is 0.222. The molecule has 168 valence electrons. The topological polar surface area (TPSA) is 79.0 Å². The van der Waals surface area contributed by atoms with E-state index >= 15 is 0 Å². The summed E-state index contributed by atoms with van der Waals surface area (Å²) in [6.45, 7) is 3.90. The Morgan fingerprint density at radius 1 is 1.00 bits per heavy atom. The Labute approximate surface area is 188 Å². The monoisotopic (exact) mass is 435 g/mol. The van der Waals surface area contributed by atoms with Crippen molar-refractivity contribution in [3.05, 3.63) is 59.7 Å². The number of nitrogens with one attached hydrogen (secondary N) is 1. The zero-order chi connectivity index (χ0) is 22.5. The SMILES string of the molecule is CCOc1ccccc1NC(=O)c1ccc(CN2CCN(C3CCCC3)C(=O)C2=O)cc1. The van der Waals surface area contributed by atoms with Gasteiger partial charge in [-0.25, -0.2) is 0 Å².